The molecular formula is C93H108ClN17O20. The Morgan fingerprint density at radius 3 is 1.48 bits per heavy atom. The van der Waals surface area contributed by atoms with Gasteiger partial charge >= 0.3 is 18.0 Å². The number of phenolic OH excluding ortho intramolecular Hbond substituents is 1. The van der Waals surface area contributed by atoms with Gasteiger partial charge in [-0.2, -0.15) is 0 Å². The third kappa shape index (κ3) is 28.7. The second kappa shape index (κ2) is 47.7. The first-order chi connectivity index (χ1) is 62.5. The van der Waals surface area contributed by atoms with Crippen molar-refractivity contribution in [1.29, 1.82) is 0 Å². The van der Waals surface area contributed by atoms with Gasteiger partial charge in [0.25, 0.3) is 0 Å². The van der Waals surface area contributed by atoms with Gasteiger partial charge in [0.1, 0.15) is 88.8 Å². The van der Waals surface area contributed by atoms with Crippen molar-refractivity contribution in [3.05, 3.63) is 226 Å². The maximum absolute atomic E-state index is 14.9. The second-order valence-electron chi connectivity index (χ2n) is 32.0. The lowest BCUT2D eigenvalue weighted by Crippen LogP contribution is -2.61. The number of likely N-dealkylation sites (tertiary alicyclic amines) is 1. The first-order valence-electron chi connectivity index (χ1n) is 42.3. The minimum absolute atomic E-state index is 0.000393. The van der Waals surface area contributed by atoms with Crippen molar-refractivity contribution >= 4 is 133 Å². The maximum Gasteiger partial charge on any atom is 0.339 e. The molecule has 10 atom stereocenters. The number of urea groups is 1. The molecule has 131 heavy (non-hydrogen) atoms. The van der Waals surface area contributed by atoms with Crippen LogP contribution in [0.1, 0.15) is 127 Å². The van der Waals surface area contributed by atoms with Crippen LogP contribution in [-0.2, 0) is 84.8 Å². The van der Waals surface area contributed by atoms with E-state index in [1.807, 2.05) is 42.5 Å². The molecular weight excluding hydrogens is 1710 g/mol. The number of aromatic hydroxyl groups is 3. The summed E-state index contributed by atoms with van der Waals surface area (Å²) in [6.07, 6.45) is 2.65. The van der Waals surface area contributed by atoms with Crippen LogP contribution in [0, 0.1) is 5.92 Å². The summed E-state index contributed by atoms with van der Waals surface area (Å²) in [6, 6.07) is 30.1. The van der Waals surface area contributed by atoms with Crippen LogP contribution >= 0.6 is 11.6 Å². The van der Waals surface area contributed by atoms with E-state index in [1.165, 1.54) is 67.5 Å². The van der Waals surface area contributed by atoms with Gasteiger partial charge in [-0.25, -0.2) is 14.4 Å². The Bertz CT molecular complexity index is 5580. The third-order valence-electron chi connectivity index (χ3n) is 21.8. The van der Waals surface area contributed by atoms with Crippen LogP contribution in [0.2, 0.25) is 5.02 Å². The summed E-state index contributed by atoms with van der Waals surface area (Å²) < 4.78 is 0. The smallest absolute Gasteiger partial charge is 0.339 e. The van der Waals surface area contributed by atoms with Crippen molar-refractivity contribution in [1.82, 2.24) is 63.1 Å². The number of aromatic nitrogens is 1. The molecule has 2 heterocycles. The van der Waals surface area contributed by atoms with Crippen molar-refractivity contribution in [3.8, 4) is 17.2 Å². The number of halogens is 1. The number of hydrogen-bond donors (Lipinski definition) is 20. The van der Waals surface area contributed by atoms with E-state index < -0.39 is 161 Å². The molecule has 9 aromatic rings. The molecule has 1 fully saturated rings. The number of amides is 13. The van der Waals surface area contributed by atoms with Gasteiger partial charge in [-0.3, -0.25) is 62.7 Å². The van der Waals surface area contributed by atoms with Gasteiger partial charge in [-0.1, -0.05) is 147 Å². The van der Waals surface area contributed by atoms with Crippen LogP contribution in [0.4, 0.5) is 4.79 Å². The molecule has 13 amide bonds. The molecule has 0 bridgehead atoms. The molecule has 0 aliphatic carbocycles. The summed E-state index contributed by atoms with van der Waals surface area (Å²) in [5.41, 5.74) is 24.0. The largest absolute Gasteiger partial charge is 0.508 e. The number of pyridine rings is 1. The summed E-state index contributed by atoms with van der Waals surface area (Å²) >= 11 is 6.23. The predicted molar refractivity (Wildman–Crippen MR) is 486 cm³/mol. The maximum atomic E-state index is 14.9. The number of nitrogens with two attached hydrogens (primary N) is 4. The lowest BCUT2D eigenvalue weighted by atomic mass is 9.90. The standard InChI is InChI=1S/C70H92ClN17O14.C23H16O6/c1-39(2)32-52(61(94)82-51(18-10-29-77-69(73)74)68(101)88-31-11-19-58(88)67(100)79-40(3)59(72)92)83-60(93)50(17-9-30-78-70(75)102)81-62(95)53(34-43-22-26-48(91)27-23-43)86-66(99)57(38-89)87-64(97)55(35-44-12-8-28-76-37-44)85-63(96)54(33-42-20-24-47(71)25-21-42)84-65(98)56(80-41(4)90)36-46-15-7-14-45-13-5-6-16-49(45)46;24-20-16(14-7-3-1-5-12(14)9-18(20)22(26)27)11-17-15-8-4-2-6-13(15)10-19(21(17)25)23(28)29/h5-8,12-16,20-28,37,39-40,50-58,89,91H,9-11,17-19,29-36,38H2,1-4H3,(H2,72,92)(H,79,100)(H,80,90)(H,81,95)(H,82,94)(H,83,93)(H,84,98)(H,85,96)(H,86,99)(H,87,97)(H4,73,74,77)(H3,75,78,102);1-10,24-25H,11H2,(H,26,27)(H,28,29)/t40-,50-,51+,52+,53+,54-,55-,56-,57+,58+;/m1./s1. The van der Waals surface area contributed by atoms with Crippen LogP contribution in [0.5, 0.6) is 17.2 Å². The minimum Gasteiger partial charge on any atom is -0.508 e. The number of carboxylic acid groups (broad SMARTS) is 2. The van der Waals surface area contributed by atoms with E-state index in [2.05, 4.69) is 63.1 Å². The molecule has 1 saturated heterocycles. The molecule has 24 N–H and O–H groups in total. The fourth-order valence-corrected chi connectivity index (χ4v) is 15.3. The SMILES string of the molecule is CC(=O)N[C@H](Cc1cccc2ccccc12)C(=O)N[C@H](Cc1ccc(Cl)cc1)C(=O)N[C@H](Cc1cccnc1)C(=O)N[C@@H](CO)C(=O)N[C@@H](Cc1ccc(O)cc1)C(=O)N[C@H](CCCNC(N)=O)C(=O)N[C@@H](CC(C)C)C(=O)N[C@@H](CCCN=C(N)N)C(=O)N1CCC[C@H]1C(=O)N[C@H](C)C(N)=O.O=C(O)c1cc2ccccc2c(Cc2c(O)c(C(=O)O)cc3ccccc23)c1O. The fourth-order valence-electron chi connectivity index (χ4n) is 15.2. The predicted octanol–water partition coefficient (Wildman–Crippen LogP) is 3.68. The van der Waals surface area contributed by atoms with Gasteiger partial charge in [0, 0.05) is 87.2 Å². The van der Waals surface area contributed by atoms with Crippen molar-refractivity contribution < 1.29 is 97.8 Å². The van der Waals surface area contributed by atoms with Gasteiger partial charge < -0.3 is 112 Å². The van der Waals surface area contributed by atoms with Gasteiger partial charge in [0.05, 0.1) is 6.61 Å². The molecule has 0 radical (unpaired) electrons. The molecule has 38 heteroatoms. The molecule has 1 aliphatic heterocycles. The van der Waals surface area contributed by atoms with Gasteiger partial charge in [0.15, 0.2) is 5.96 Å². The van der Waals surface area contributed by atoms with Crippen LogP contribution in [-0.4, -0.2) is 216 Å². The zero-order valence-corrected chi connectivity index (χ0v) is 73.1. The Morgan fingerprint density at radius 1 is 0.504 bits per heavy atom. The third-order valence-corrected chi connectivity index (χ3v) is 22.0. The number of guanidine groups is 1. The number of aliphatic hydroxyl groups is 1. The van der Waals surface area contributed by atoms with Gasteiger partial charge in [-0.15, -0.1) is 0 Å². The molecule has 1 aromatic heterocycles. The topological polar surface area (TPSA) is 613 Å². The van der Waals surface area contributed by atoms with Crippen LogP contribution < -0.4 is 76.1 Å². The molecule has 1 aliphatic rings. The minimum atomic E-state index is -1.85. The Morgan fingerprint density at radius 2 is 0.969 bits per heavy atom. The number of carbonyl (C=O) groups excluding carboxylic acids is 12. The van der Waals surface area contributed by atoms with Crippen molar-refractivity contribution in [3.63, 3.8) is 0 Å². The van der Waals surface area contributed by atoms with Crippen LogP contribution in [0.3, 0.4) is 0 Å². The highest BCUT2D eigenvalue weighted by atomic mass is 35.5. The van der Waals surface area contributed by atoms with Crippen molar-refractivity contribution in [2.75, 3.05) is 26.2 Å². The van der Waals surface area contributed by atoms with E-state index in [9.17, 15) is 97.8 Å². The fraction of sp³-hybridized carbons (Fsp3) is 0.333. The molecule has 692 valence electrons. The molecule has 37 nitrogen and oxygen atoms in total. The molecule has 10 rings (SSSR count). The Kier molecular flexibility index (Phi) is 36.3. The average molecular weight is 1820 g/mol. The summed E-state index contributed by atoms with van der Waals surface area (Å²) in [4.78, 5) is 200. The average Bonchev–Trinajstić information content (AvgIpc) is 1.23. The molecule has 0 spiro atoms. The highest BCUT2D eigenvalue weighted by Crippen LogP contribution is 2.39. The van der Waals surface area contributed by atoms with E-state index in [4.69, 9.17) is 34.5 Å². The highest BCUT2D eigenvalue weighted by Gasteiger charge is 2.41. The van der Waals surface area contributed by atoms with Gasteiger partial charge in [0.2, 0.25) is 65.0 Å². The molecule has 8 aromatic carbocycles. The Balaban J connectivity index is 0.000000556. The second-order valence-corrected chi connectivity index (χ2v) is 32.5. The first-order valence-corrected chi connectivity index (χ1v) is 42.7. The number of phenols is 3. The summed E-state index contributed by atoms with van der Waals surface area (Å²) in [6.45, 7) is 5.15. The zero-order valence-electron chi connectivity index (χ0n) is 72.3. The van der Waals surface area contributed by atoms with Crippen LogP contribution in [0.25, 0.3) is 32.3 Å². The van der Waals surface area contributed by atoms with Crippen LogP contribution in [0.15, 0.2) is 181 Å². The Labute approximate surface area is 758 Å². The Hall–Kier alpha value is -15.0. The number of carbonyl (C=O) groups is 14. The van der Waals surface area contributed by atoms with Crippen molar-refractivity contribution in [2.24, 2.45) is 33.8 Å². The quantitative estimate of drug-likeness (QED) is 0.0147. The number of aromatic carboxylic acids is 2. The number of benzene rings is 8. The number of fused-ring (bicyclic) bond motifs is 3. The van der Waals surface area contributed by atoms with E-state index >= 15 is 0 Å². The normalized spacial score (nSPS) is 14.3. The number of aliphatic imine (C=N–C) groups is 1. The first kappa shape index (κ1) is 99.8. The molecule has 0 saturated carbocycles. The summed E-state index contributed by atoms with van der Waals surface area (Å²) in [5.74, 6) is -13.2. The van der Waals surface area contributed by atoms with E-state index in [1.54, 1.807) is 98.8 Å². The van der Waals surface area contributed by atoms with Gasteiger partial charge in [-0.05, 0) is 155 Å². The number of aliphatic hydroxyl groups excluding tert-OH is 1. The summed E-state index contributed by atoms with van der Waals surface area (Å²) in [7, 11) is 0. The number of carboxylic acids is 2. The molecule has 0 unspecified atom stereocenters. The van der Waals surface area contributed by atoms with E-state index in [-0.39, 0.29) is 119 Å². The monoisotopic (exact) mass is 1820 g/mol. The van der Waals surface area contributed by atoms with E-state index in [0.717, 1.165) is 16.3 Å². The number of nitrogens with one attached hydrogen (secondary N) is 10. The van der Waals surface area contributed by atoms with Crippen molar-refractivity contribution in [2.45, 2.75) is 165 Å². The number of hydrogen-bond acceptors (Lipinski definition) is 20. The summed E-state index contributed by atoms with van der Waals surface area (Å²) in [5, 5.41) is 92.3. The zero-order chi connectivity index (χ0) is 95.3. The number of rotatable bonds is 42. The lowest BCUT2D eigenvalue weighted by Gasteiger charge is -2.31. The number of nitrogens with zero attached hydrogens (tertiary/aromatic N) is 3. The number of primary amides is 2. The van der Waals surface area contributed by atoms with E-state index in [0.29, 0.717) is 60.8 Å². The lowest BCUT2D eigenvalue weighted by molar-refractivity contribution is -0.142. The highest BCUT2D eigenvalue weighted by molar-refractivity contribution is 6.30.